The van der Waals surface area contributed by atoms with Gasteiger partial charge in [-0.15, -0.1) is 0 Å². The second kappa shape index (κ2) is 5.66. The average molecular weight is 276 g/mol. The zero-order chi connectivity index (χ0) is 14.8. The van der Waals surface area contributed by atoms with Gasteiger partial charge >= 0.3 is 0 Å². The lowest BCUT2D eigenvalue weighted by molar-refractivity contribution is 0.719. The minimum absolute atomic E-state index is 0.0106. The first-order valence-corrected chi connectivity index (χ1v) is 7.30. The maximum absolute atomic E-state index is 6.45. The van der Waals surface area contributed by atoms with Gasteiger partial charge in [0.05, 0.1) is 5.52 Å². The van der Waals surface area contributed by atoms with Crippen molar-refractivity contribution in [2.45, 2.75) is 26.3 Å². The van der Waals surface area contributed by atoms with Crippen LogP contribution in [-0.2, 0) is 6.42 Å². The second-order valence-electron chi connectivity index (χ2n) is 5.66. The third-order valence-corrected chi connectivity index (χ3v) is 4.00. The van der Waals surface area contributed by atoms with Crippen molar-refractivity contribution in [2.75, 3.05) is 0 Å². The Morgan fingerprint density at radius 2 is 1.86 bits per heavy atom. The molecule has 21 heavy (non-hydrogen) atoms. The van der Waals surface area contributed by atoms with E-state index in [0.717, 1.165) is 11.9 Å². The SMILES string of the molecule is Cc1ccc(C(N)Cc2ccnc3ccccc23)c(C)c1. The summed E-state index contributed by atoms with van der Waals surface area (Å²) >= 11 is 0. The number of aromatic nitrogens is 1. The first-order valence-electron chi connectivity index (χ1n) is 7.30. The molecule has 3 rings (SSSR count). The first kappa shape index (κ1) is 13.8. The van der Waals surface area contributed by atoms with Crippen LogP contribution in [0.5, 0.6) is 0 Å². The highest BCUT2D eigenvalue weighted by molar-refractivity contribution is 5.81. The van der Waals surface area contributed by atoms with E-state index in [1.807, 2.05) is 18.3 Å². The first-order chi connectivity index (χ1) is 10.1. The Hall–Kier alpha value is -2.19. The van der Waals surface area contributed by atoms with E-state index in [1.54, 1.807) is 0 Å². The van der Waals surface area contributed by atoms with Crippen molar-refractivity contribution in [3.05, 3.63) is 77.0 Å². The topological polar surface area (TPSA) is 38.9 Å². The average Bonchev–Trinajstić information content (AvgIpc) is 2.47. The summed E-state index contributed by atoms with van der Waals surface area (Å²) < 4.78 is 0. The van der Waals surface area contributed by atoms with Gasteiger partial charge in [-0.05, 0) is 49.1 Å². The van der Waals surface area contributed by atoms with E-state index >= 15 is 0 Å². The van der Waals surface area contributed by atoms with E-state index in [1.165, 1.54) is 27.6 Å². The third-order valence-electron chi connectivity index (χ3n) is 4.00. The molecular formula is C19H20N2. The van der Waals surface area contributed by atoms with Crippen LogP contribution in [0.2, 0.25) is 0 Å². The molecule has 2 heteroatoms. The summed E-state index contributed by atoms with van der Waals surface area (Å²) in [6.07, 6.45) is 2.69. The van der Waals surface area contributed by atoms with E-state index in [0.29, 0.717) is 0 Å². The summed E-state index contributed by atoms with van der Waals surface area (Å²) in [7, 11) is 0. The standard InChI is InChI=1S/C19H20N2/c1-13-7-8-16(14(2)11-13)18(20)12-15-9-10-21-19-6-4-3-5-17(15)19/h3-11,18H,12,20H2,1-2H3. The molecule has 0 aliphatic heterocycles. The van der Waals surface area contributed by atoms with Gasteiger partial charge in [0.15, 0.2) is 0 Å². The predicted molar refractivity (Wildman–Crippen MR) is 88.3 cm³/mol. The third kappa shape index (κ3) is 2.81. The van der Waals surface area contributed by atoms with Crippen LogP contribution in [0.4, 0.5) is 0 Å². The Labute approximate surface area is 125 Å². The van der Waals surface area contributed by atoms with Crippen LogP contribution in [0.15, 0.2) is 54.7 Å². The fourth-order valence-corrected chi connectivity index (χ4v) is 2.92. The molecule has 0 fully saturated rings. The highest BCUT2D eigenvalue weighted by Crippen LogP contribution is 2.24. The lowest BCUT2D eigenvalue weighted by atomic mass is 9.94. The Bertz CT molecular complexity index is 772. The number of fused-ring (bicyclic) bond motifs is 1. The van der Waals surface area contributed by atoms with Gasteiger partial charge in [0.2, 0.25) is 0 Å². The molecule has 2 aromatic carbocycles. The van der Waals surface area contributed by atoms with Crippen LogP contribution in [0.25, 0.3) is 10.9 Å². The smallest absolute Gasteiger partial charge is 0.0704 e. The number of nitrogens with two attached hydrogens (primary N) is 1. The molecule has 1 atom stereocenters. The zero-order valence-electron chi connectivity index (χ0n) is 12.5. The summed E-state index contributed by atoms with van der Waals surface area (Å²) in [4.78, 5) is 4.41. The Kier molecular flexibility index (Phi) is 3.72. The van der Waals surface area contributed by atoms with E-state index in [2.05, 4.69) is 55.2 Å². The monoisotopic (exact) mass is 276 g/mol. The molecule has 0 saturated carbocycles. The van der Waals surface area contributed by atoms with Crippen molar-refractivity contribution in [1.82, 2.24) is 4.98 Å². The van der Waals surface area contributed by atoms with E-state index in [4.69, 9.17) is 5.73 Å². The number of benzene rings is 2. The van der Waals surface area contributed by atoms with Gasteiger partial charge in [-0.3, -0.25) is 4.98 Å². The highest BCUT2D eigenvalue weighted by atomic mass is 14.7. The summed E-state index contributed by atoms with van der Waals surface area (Å²) in [5, 5.41) is 1.19. The molecule has 0 saturated heterocycles. The van der Waals surface area contributed by atoms with Crippen molar-refractivity contribution in [1.29, 1.82) is 0 Å². The summed E-state index contributed by atoms with van der Waals surface area (Å²) in [5.74, 6) is 0. The highest BCUT2D eigenvalue weighted by Gasteiger charge is 2.12. The fraction of sp³-hybridized carbons (Fsp3) is 0.211. The number of pyridine rings is 1. The van der Waals surface area contributed by atoms with Gasteiger partial charge in [-0.2, -0.15) is 0 Å². The van der Waals surface area contributed by atoms with E-state index < -0.39 is 0 Å². The molecule has 1 unspecified atom stereocenters. The number of nitrogens with zero attached hydrogens (tertiary/aromatic N) is 1. The van der Waals surface area contributed by atoms with Crippen molar-refractivity contribution < 1.29 is 0 Å². The molecule has 1 heterocycles. The van der Waals surface area contributed by atoms with Crippen LogP contribution in [0, 0.1) is 13.8 Å². The second-order valence-corrected chi connectivity index (χ2v) is 5.66. The van der Waals surface area contributed by atoms with E-state index in [-0.39, 0.29) is 6.04 Å². The number of hydrogen-bond acceptors (Lipinski definition) is 2. The van der Waals surface area contributed by atoms with Gasteiger partial charge in [0.25, 0.3) is 0 Å². The van der Waals surface area contributed by atoms with Crippen LogP contribution >= 0.6 is 0 Å². The van der Waals surface area contributed by atoms with Crippen LogP contribution in [0.3, 0.4) is 0 Å². The van der Waals surface area contributed by atoms with Gasteiger partial charge in [0.1, 0.15) is 0 Å². The minimum Gasteiger partial charge on any atom is -0.324 e. The zero-order valence-corrected chi connectivity index (χ0v) is 12.5. The van der Waals surface area contributed by atoms with Gasteiger partial charge in [0, 0.05) is 17.6 Å². The minimum atomic E-state index is 0.0106. The molecular weight excluding hydrogens is 256 g/mol. The molecule has 3 aromatic rings. The van der Waals surface area contributed by atoms with Gasteiger partial charge < -0.3 is 5.73 Å². The van der Waals surface area contributed by atoms with Crippen molar-refractivity contribution in [2.24, 2.45) is 5.73 Å². The fourth-order valence-electron chi connectivity index (χ4n) is 2.92. The Morgan fingerprint density at radius 3 is 2.67 bits per heavy atom. The summed E-state index contributed by atoms with van der Waals surface area (Å²) in [6.45, 7) is 4.24. The largest absolute Gasteiger partial charge is 0.324 e. The molecule has 2 nitrogen and oxygen atoms in total. The predicted octanol–water partition coefficient (Wildman–Crippen LogP) is 4.09. The lowest BCUT2D eigenvalue weighted by Crippen LogP contribution is -2.15. The number of hydrogen-bond donors (Lipinski definition) is 1. The lowest BCUT2D eigenvalue weighted by Gasteiger charge is -2.16. The number of rotatable bonds is 3. The maximum Gasteiger partial charge on any atom is 0.0704 e. The number of para-hydroxylation sites is 1. The molecule has 0 bridgehead atoms. The summed E-state index contributed by atoms with van der Waals surface area (Å²) in [5.41, 5.74) is 12.5. The Balaban J connectivity index is 1.94. The van der Waals surface area contributed by atoms with Crippen molar-refractivity contribution >= 4 is 10.9 Å². The quantitative estimate of drug-likeness (QED) is 0.782. The molecule has 0 aliphatic carbocycles. The molecule has 1 aromatic heterocycles. The molecule has 106 valence electrons. The summed E-state index contributed by atoms with van der Waals surface area (Å²) in [6, 6.07) is 16.8. The molecule has 0 radical (unpaired) electrons. The normalized spacial score (nSPS) is 12.5. The molecule has 0 amide bonds. The van der Waals surface area contributed by atoms with Crippen LogP contribution < -0.4 is 5.73 Å². The van der Waals surface area contributed by atoms with E-state index in [9.17, 15) is 0 Å². The van der Waals surface area contributed by atoms with Crippen LogP contribution in [-0.4, -0.2) is 4.98 Å². The van der Waals surface area contributed by atoms with Gasteiger partial charge in [-0.1, -0.05) is 42.0 Å². The Morgan fingerprint density at radius 1 is 1.05 bits per heavy atom. The molecule has 2 N–H and O–H groups in total. The molecule has 0 spiro atoms. The van der Waals surface area contributed by atoms with Crippen molar-refractivity contribution in [3.8, 4) is 0 Å². The molecule has 0 aliphatic rings. The van der Waals surface area contributed by atoms with Crippen molar-refractivity contribution in [3.63, 3.8) is 0 Å². The van der Waals surface area contributed by atoms with Crippen LogP contribution in [0.1, 0.15) is 28.3 Å². The maximum atomic E-state index is 6.45. The van der Waals surface area contributed by atoms with Gasteiger partial charge in [-0.25, -0.2) is 0 Å². The number of aryl methyl sites for hydroxylation is 2.